The molecule has 0 unspecified atom stereocenters. The molecule has 212 valence electrons. The van der Waals surface area contributed by atoms with E-state index in [1.807, 2.05) is 28.7 Å². The quantitative estimate of drug-likeness (QED) is 0.209. The van der Waals surface area contributed by atoms with Crippen LogP contribution in [0.15, 0.2) is 156 Å². The van der Waals surface area contributed by atoms with Gasteiger partial charge >= 0.3 is 0 Å². The average molecular weight is 577 g/mol. The zero-order valence-electron chi connectivity index (χ0n) is 24.5. The van der Waals surface area contributed by atoms with Gasteiger partial charge in [-0.3, -0.25) is 9.20 Å². The van der Waals surface area contributed by atoms with E-state index in [0.717, 1.165) is 67.4 Å². The number of fused-ring (bicyclic) bond motifs is 4. The van der Waals surface area contributed by atoms with E-state index in [-0.39, 0.29) is 11.5 Å². The van der Waals surface area contributed by atoms with Crippen molar-refractivity contribution >= 4 is 38.3 Å². The monoisotopic (exact) mass is 576 g/mol. The van der Waals surface area contributed by atoms with Gasteiger partial charge in [0.25, 0.3) is 5.56 Å². The summed E-state index contributed by atoms with van der Waals surface area (Å²) in [6.45, 7) is 0. The number of hydrogen-bond acceptors (Lipinski definition) is 2. The fourth-order valence-corrected chi connectivity index (χ4v) is 7.38. The second-order valence-corrected chi connectivity index (χ2v) is 11.8. The highest BCUT2D eigenvalue weighted by Gasteiger charge is 2.35. The minimum Gasteiger partial charge on any atom is -0.268 e. The Kier molecular flexibility index (Phi) is 5.79. The van der Waals surface area contributed by atoms with Gasteiger partial charge in [0.1, 0.15) is 5.65 Å². The highest BCUT2D eigenvalue weighted by molar-refractivity contribution is 6.19. The molecule has 1 aliphatic rings. The predicted octanol–water partition coefficient (Wildman–Crippen LogP) is 9.60. The van der Waals surface area contributed by atoms with Crippen molar-refractivity contribution in [3.05, 3.63) is 190 Å². The molecule has 0 radical (unpaired) electrons. The molecule has 1 atom stereocenters. The zero-order chi connectivity index (χ0) is 29.9. The SMILES string of the molecule is O=c1c2cccc3c(-c4ccccc4)ccc(c32)c2nc3c(n12)C(c1ccccc1)=C(c1ccccc1)C[C@H]3c1ccccc1. The van der Waals surface area contributed by atoms with Crippen LogP contribution in [-0.2, 0) is 0 Å². The summed E-state index contributed by atoms with van der Waals surface area (Å²) >= 11 is 0. The van der Waals surface area contributed by atoms with Gasteiger partial charge in [-0.25, -0.2) is 4.98 Å². The van der Waals surface area contributed by atoms with Gasteiger partial charge in [0.15, 0.2) is 0 Å². The molecule has 0 saturated carbocycles. The summed E-state index contributed by atoms with van der Waals surface area (Å²) in [5.41, 5.74) is 10.5. The molecule has 6 aromatic carbocycles. The predicted molar refractivity (Wildman–Crippen MR) is 185 cm³/mol. The molecule has 45 heavy (non-hydrogen) atoms. The van der Waals surface area contributed by atoms with Crippen LogP contribution in [0.3, 0.4) is 0 Å². The Morgan fingerprint density at radius 1 is 0.556 bits per heavy atom. The molecule has 3 nitrogen and oxygen atoms in total. The molecular formula is C42H28N2O. The van der Waals surface area contributed by atoms with Crippen molar-refractivity contribution in [1.82, 2.24) is 9.38 Å². The Morgan fingerprint density at radius 3 is 1.84 bits per heavy atom. The molecule has 0 aliphatic heterocycles. The lowest BCUT2D eigenvalue weighted by atomic mass is 9.76. The van der Waals surface area contributed by atoms with Crippen LogP contribution in [-0.4, -0.2) is 9.38 Å². The molecule has 0 bridgehead atoms. The molecule has 0 spiro atoms. The standard InChI is InChI=1S/C42H28N2O/c45-42-34-23-13-22-32-31(27-14-5-1-6-15-27)24-25-33(38(32)34)41-43-39-36(29-18-9-3-10-19-29)26-35(28-16-7-2-8-17-28)37(40(39)44(41)42)30-20-11-4-12-21-30/h1-25,36H,26H2/t36-/m0/s1. The van der Waals surface area contributed by atoms with Gasteiger partial charge in [-0.05, 0) is 57.3 Å². The van der Waals surface area contributed by atoms with Crippen LogP contribution in [0.4, 0.5) is 0 Å². The third-order valence-corrected chi connectivity index (χ3v) is 9.37. The van der Waals surface area contributed by atoms with Gasteiger partial charge in [-0.2, -0.15) is 0 Å². The van der Waals surface area contributed by atoms with E-state index in [0.29, 0.717) is 5.39 Å². The minimum absolute atomic E-state index is 0.00281. The van der Waals surface area contributed by atoms with E-state index < -0.39 is 0 Å². The van der Waals surface area contributed by atoms with Crippen molar-refractivity contribution in [2.45, 2.75) is 12.3 Å². The van der Waals surface area contributed by atoms with E-state index in [2.05, 4.69) is 127 Å². The van der Waals surface area contributed by atoms with E-state index in [1.165, 1.54) is 11.1 Å². The maximum Gasteiger partial charge on any atom is 0.264 e. The number of benzene rings is 6. The largest absolute Gasteiger partial charge is 0.268 e. The zero-order valence-corrected chi connectivity index (χ0v) is 24.5. The van der Waals surface area contributed by atoms with E-state index >= 15 is 0 Å². The van der Waals surface area contributed by atoms with Crippen molar-refractivity contribution in [3.8, 4) is 11.1 Å². The van der Waals surface area contributed by atoms with E-state index in [4.69, 9.17) is 4.98 Å². The van der Waals surface area contributed by atoms with E-state index in [9.17, 15) is 4.79 Å². The number of aromatic nitrogens is 2. The molecule has 2 aromatic heterocycles. The number of allylic oxidation sites excluding steroid dienone is 1. The summed E-state index contributed by atoms with van der Waals surface area (Å²) < 4.78 is 1.91. The summed E-state index contributed by atoms with van der Waals surface area (Å²) in [6, 6.07) is 52.6. The Labute approximate surface area is 260 Å². The second-order valence-electron chi connectivity index (χ2n) is 11.8. The lowest BCUT2D eigenvalue weighted by Crippen LogP contribution is -2.19. The van der Waals surface area contributed by atoms with Crippen molar-refractivity contribution in [2.24, 2.45) is 0 Å². The molecule has 8 aromatic rings. The van der Waals surface area contributed by atoms with Crippen LogP contribution in [0, 0.1) is 0 Å². The van der Waals surface area contributed by atoms with Crippen molar-refractivity contribution in [3.63, 3.8) is 0 Å². The third-order valence-electron chi connectivity index (χ3n) is 9.37. The number of nitrogens with zero attached hydrogens (tertiary/aromatic N) is 2. The lowest BCUT2D eigenvalue weighted by Gasteiger charge is -2.28. The molecule has 0 N–H and O–H groups in total. The maximum absolute atomic E-state index is 14.8. The Hall–Kier alpha value is -5.80. The van der Waals surface area contributed by atoms with Gasteiger partial charge in [0, 0.05) is 27.6 Å². The second kappa shape index (κ2) is 10.1. The molecule has 0 amide bonds. The van der Waals surface area contributed by atoms with Crippen LogP contribution in [0.5, 0.6) is 0 Å². The number of hydrogen-bond donors (Lipinski definition) is 0. The van der Waals surface area contributed by atoms with Crippen LogP contribution in [0.2, 0.25) is 0 Å². The number of pyridine rings is 1. The summed E-state index contributed by atoms with van der Waals surface area (Å²) in [5, 5.41) is 3.75. The molecule has 9 rings (SSSR count). The van der Waals surface area contributed by atoms with Crippen LogP contribution in [0.1, 0.15) is 40.4 Å². The first kappa shape index (κ1) is 25.7. The molecule has 0 fully saturated rings. The van der Waals surface area contributed by atoms with Gasteiger partial charge in [0.2, 0.25) is 0 Å². The lowest BCUT2D eigenvalue weighted by molar-refractivity contribution is 0.798. The Bertz CT molecular complexity index is 2450. The third kappa shape index (κ3) is 3.91. The first-order valence-electron chi connectivity index (χ1n) is 15.5. The first-order chi connectivity index (χ1) is 22.3. The summed E-state index contributed by atoms with van der Waals surface area (Å²) in [4.78, 5) is 20.3. The van der Waals surface area contributed by atoms with Crippen LogP contribution >= 0.6 is 0 Å². The summed E-state index contributed by atoms with van der Waals surface area (Å²) in [6.07, 6.45) is 0.783. The fraction of sp³-hybridized carbons (Fsp3) is 0.0476. The summed E-state index contributed by atoms with van der Waals surface area (Å²) in [5.74, 6) is -0.00281. The summed E-state index contributed by atoms with van der Waals surface area (Å²) in [7, 11) is 0. The Morgan fingerprint density at radius 2 is 1.16 bits per heavy atom. The molecule has 2 heterocycles. The fourth-order valence-electron chi connectivity index (χ4n) is 7.38. The van der Waals surface area contributed by atoms with Crippen molar-refractivity contribution < 1.29 is 0 Å². The van der Waals surface area contributed by atoms with E-state index in [1.54, 1.807) is 0 Å². The normalized spacial score (nSPS) is 14.8. The highest BCUT2D eigenvalue weighted by atomic mass is 16.1. The topological polar surface area (TPSA) is 34.4 Å². The molecule has 0 saturated heterocycles. The van der Waals surface area contributed by atoms with Crippen molar-refractivity contribution in [1.29, 1.82) is 0 Å². The highest BCUT2D eigenvalue weighted by Crippen LogP contribution is 2.48. The van der Waals surface area contributed by atoms with Crippen molar-refractivity contribution in [2.75, 3.05) is 0 Å². The number of imidazole rings is 1. The Balaban J connectivity index is 1.45. The maximum atomic E-state index is 14.8. The van der Waals surface area contributed by atoms with Gasteiger partial charge in [0.05, 0.1) is 11.4 Å². The molecule has 1 aliphatic carbocycles. The van der Waals surface area contributed by atoms with Gasteiger partial charge in [-0.15, -0.1) is 0 Å². The molecule has 3 heteroatoms. The van der Waals surface area contributed by atoms with Gasteiger partial charge in [-0.1, -0.05) is 140 Å². The number of rotatable bonds is 4. The average Bonchev–Trinajstić information content (AvgIpc) is 3.52. The first-order valence-corrected chi connectivity index (χ1v) is 15.5. The minimum atomic E-state index is -0.0309. The smallest absolute Gasteiger partial charge is 0.264 e. The van der Waals surface area contributed by atoms with Crippen LogP contribution < -0.4 is 5.56 Å². The molecular weight excluding hydrogens is 548 g/mol. The van der Waals surface area contributed by atoms with Gasteiger partial charge < -0.3 is 0 Å². The van der Waals surface area contributed by atoms with Crippen LogP contribution in [0.25, 0.3) is 49.5 Å².